The van der Waals surface area contributed by atoms with Crippen molar-refractivity contribution >= 4 is 5.91 Å². The Hall–Kier alpha value is -1.49. The van der Waals surface area contributed by atoms with E-state index in [2.05, 4.69) is 10.2 Å². The Morgan fingerprint density at radius 3 is 2.30 bits per heavy atom. The van der Waals surface area contributed by atoms with Gasteiger partial charge >= 0.3 is 0 Å². The number of hydrogen-bond acceptors (Lipinski definition) is 2. The summed E-state index contributed by atoms with van der Waals surface area (Å²) in [5, 5.41) is 2.95. The highest BCUT2D eigenvalue weighted by Crippen LogP contribution is 2.45. The Kier molecular flexibility index (Phi) is 3.46. The maximum Gasteiger partial charge on any atom is 0.234 e. The zero-order chi connectivity index (χ0) is 14.2. The smallest absolute Gasteiger partial charge is 0.234 e. The Labute approximate surface area is 117 Å². The lowest BCUT2D eigenvalue weighted by Gasteiger charge is -2.21. The predicted octanol–water partition coefficient (Wildman–Crippen LogP) is 2.17. The van der Waals surface area contributed by atoms with Gasteiger partial charge in [0.2, 0.25) is 5.91 Å². The topological polar surface area (TPSA) is 32.3 Å². The van der Waals surface area contributed by atoms with E-state index in [1.54, 1.807) is 0 Å². The fraction of sp³-hybridized carbons (Fsp3) is 0.533. The van der Waals surface area contributed by atoms with Crippen molar-refractivity contribution in [3.63, 3.8) is 0 Å². The summed E-state index contributed by atoms with van der Waals surface area (Å²) in [6.45, 7) is 2.28. The molecule has 0 bridgehead atoms. The molecule has 0 aromatic heterocycles. The Balaban J connectivity index is 1.67. The van der Waals surface area contributed by atoms with Gasteiger partial charge in [0.05, 0.1) is 12.1 Å². The van der Waals surface area contributed by atoms with Gasteiger partial charge in [0.25, 0.3) is 0 Å². The first-order chi connectivity index (χ1) is 9.57. The molecule has 3 nitrogen and oxygen atoms in total. The molecular weight excluding hydrogens is 262 g/mol. The molecule has 5 heteroatoms. The third kappa shape index (κ3) is 2.82. The van der Waals surface area contributed by atoms with E-state index in [4.69, 9.17) is 0 Å². The minimum Gasteiger partial charge on any atom is -0.345 e. The van der Waals surface area contributed by atoms with Crippen molar-refractivity contribution in [1.29, 1.82) is 0 Å². The molecule has 2 fully saturated rings. The Morgan fingerprint density at radius 1 is 1.15 bits per heavy atom. The molecule has 1 aliphatic carbocycles. The van der Waals surface area contributed by atoms with Crippen LogP contribution in [0.25, 0.3) is 0 Å². The van der Waals surface area contributed by atoms with Crippen LogP contribution >= 0.6 is 0 Å². The minimum absolute atomic E-state index is 0.0610. The number of carbonyl (C=O) groups is 1. The molecule has 1 N–H and O–H groups in total. The average molecular weight is 280 g/mol. The first-order valence-electron chi connectivity index (χ1n) is 7.07. The highest BCUT2D eigenvalue weighted by Gasteiger charge is 2.46. The SMILES string of the molecule is O=C(CN1CCCC1)NC1(c2cc(F)cc(F)c2)CC1. The van der Waals surface area contributed by atoms with Crippen LogP contribution in [0, 0.1) is 11.6 Å². The zero-order valence-electron chi connectivity index (χ0n) is 11.3. The van der Waals surface area contributed by atoms with Crippen LogP contribution in [0.4, 0.5) is 8.78 Å². The number of amides is 1. The number of likely N-dealkylation sites (tertiary alicyclic amines) is 1. The van der Waals surface area contributed by atoms with E-state index >= 15 is 0 Å². The van der Waals surface area contributed by atoms with Crippen molar-refractivity contribution in [1.82, 2.24) is 10.2 Å². The van der Waals surface area contributed by atoms with Crippen molar-refractivity contribution in [2.45, 2.75) is 31.2 Å². The van der Waals surface area contributed by atoms with Gasteiger partial charge in [-0.3, -0.25) is 9.69 Å². The Bertz CT molecular complexity index is 502. The molecule has 1 aliphatic heterocycles. The lowest BCUT2D eigenvalue weighted by atomic mass is 10.0. The zero-order valence-corrected chi connectivity index (χ0v) is 11.3. The van der Waals surface area contributed by atoms with E-state index in [0.29, 0.717) is 12.1 Å². The molecule has 108 valence electrons. The second kappa shape index (κ2) is 5.13. The number of nitrogens with zero attached hydrogens (tertiary/aromatic N) is 1. The van der Waals surface area contributed by atoms with Gasteiger partial charge in [-0.2, -0.15) is 0 Å². The van der Waals surface area contributed by atoms with E-state index in [-0.39, 0.29) is 5.91 Å². The number of rotatable bonds is 4. The number of benzene rings is 1. The van der Waals surface area contributed by atoms with Crippen LogP contribution in [-0.2, 0) is 10.3 Å². The standard InChI is InChI=1S/C15H18F2N2O/c16-12-7-11(8-13(17)9-12)15(3-4-15)18-14(20)10-19-5-1-2-6-19/h7-9H,1-6,10H2,(H,18,20). The summed E-state index contributed by atoms with van der Waals surface area (Å²) in [5.41, 5.74) is -0.0236. The monoisotopic (exact) mass is 280 g/mol. The van der Waals surface area contributed by atoms with Crippen LogP contribution in [0.5, 0.6) is 0 Å². The van der Waals surface area contributed by atoms with Crippen LogP contribution in [0.2, 0.25) is 0 Å². The summed E-state index contributed by atoms with van der Waals surface area (Å²) in [5.74, 6) is -1.26. The third-order valence-electron chi connectivity index (χ3n) is 4.11. The highest BCUT2D eigenvalue weighted by molar-refractivity contribution is 5.79. The van der Waals surface area contributed by atoms with E-state index in [0.717, 1.165) is 44.8 Å². The van der Waals surface area contributed by atoms with Crippen molar-refractivity contribution in [2.24, 2.45) is 0 Å². The lowest BCUT2D eigenvalue weighted by Crippen LogP contribution is -2.41. The van der Waals surface area contributed by atoms with Gasteiger partial charge in [0.15, 0.2) is 0 Å². The molecule has 0 unspecified atom stereocenters. The fourth-order valence-electron chi connectivity index (χ4n) is 2.89. The van der Waals surface area contributed by atoms with Gasteiger partial charge in [-0.25, -0.2) is 8.78 Å². The molecule has 2 aliphatic rings. The van der Waals surface area contributed by atoms with Crippen LogP contribution in [0.3, 0.4) is 0 Å². The molecule has 1 amide bonds. The number of carbonyl (C=O) groups excluding carboxylic acids is 1. The van der Waals surface area contributed by atoms with E-state index in [1.165, 1.54) is 12.1 Å². The lowest BCUT2D eigenvalue weighted by molar-refractivity contribution is -0.123. The average Bonchev–Trinajstić information content (AvgIpc) is 2.96. The third-order valence-corrected chi connectivity index (χ3v) is 4.11. The summed E-state index contributed by atoms with van der Waals surface area (Å²) in [6, 6.07) is 3.48. The largest absolute Gasteiger partial charge is 0.345 e. The summed E-state index contributed by atoms with van der Waals surface area (Å²) in [7, 11) is 0. The molecule has 0 atom stereocenters. The second-order valence-electron chi connectivity index (χ2n) is 5.77. The first-order valence-corrected chi connectivity index (χ1v) is 7.07. The van der Waals surface area contributed by atoms with Crippen LogP contribution < -0.4 is 5.32 Å². The first kappa shape index (κ1) is 13.5. The molecule has 1 aromatic rings. The Morgan fingerprint density at radius 2 is 1.75 bits per heavy atom. The van der Waals surface area contributed by atoms with Crippen LogP contribution in [0.1, 0.15) is 31.2 Å². The highest BCUT2D eigenvalue weighted by atomic mass is 19.1. The van der Waals surface area contributed by atoms with Gasteiger partial charge in [-0.15, -0.1) is 0 Å². The summed E-state index contributed by atoms with van der Waals surface area (Å²) >= 11 is 0. The van der Waals surface area contributed by atoms with Crippen molar-refractivity contribution in [2.75, 3.05) is 19.6 Å². The molecule has 0 radical (unpaired) electrons. The number of halogens is 2. The number of nitrogens with one attached hydrogen (secondary N) is 1. The van der Waals surface area contributed by atoms with Gasteiger partial charge < -0.3 is 5.32 Å². The molecular formula is C15H18F2N2O. The van der Waals surface area contributed by atoms with Crippen LogP contribution in [0.15, 0.2) is 18.2 Å². The summed E-state index contributed by atoms with van der Waals surface area (Å²) < 4.78 is 26.6. The van der Waals surface area contributed by atoms with Gasteiger partial charge in [-0.05, 0) is 56.5 Å². The van der Waals surface area contributed by atoms with Gasteiger partial charge in [-0.1, -0.05) is 0 Å². The maximum atomic E-state index is 13.3. The van der Waals surface area contributed by atoms with Crippen molar-refractivity contribution < 1.29 is 13.6 Å². The molecule has 3 rings (SSSR count). The predicted molar refractivity (Wildman–Crippen MR) is 71.1 cm³/mol. The molecule has 20 heavy (non-hydrogen) atoms. The molecule has 1 saturated heterocycles. The molecule has 1 aromatic carbocycles. The maximum absolute atomic E-state index is 13.3. The second-order valence-corrected chi connectivity index (χ2v) is 5.77. The van der Waals surface area contributed by atoms with E-state index < -0.39 is 17.2 Å². The summed E-state index contributed by atoms with van der Waals surface area (Å²) in [4.78, 5) is 14.2. The number of hydrogen-bond donors (Lipinski definition) is 1. The molecule has 1 saturated carbocycles. The van der Waals surface area contributed by atoms with Crippen LogP contribution in [-0.4, -0.2) is 30.4 Å². The minimum atomic E-state index is -0.597. The van der Waals surface area contributed by atoms with E-state index in [1.807, 2.05) is 0 Å². The molecule has 1 heterocycles. The molecule has 0 spiro atoms. The van der Waals surface area contributed by atoms with Crippen molar-refractivity contribution in [3.05, 3.63) is 35.4 Å². The van der Waals surface area contributed by atoms with Crippen molar-refractivity contribution in [3.8, 4) is 0 Å². The van der Waals surface area contributed by atoms with Gasteiger partial charge in [0, 0.05) is 6.07 Å². The van der Waals surface area contributed by atoms with E-state index in [9.17, 15) is 13.6 Å². The van der Waals surface area contributed by atoms with Gasteiger partial charge in [0.1, 0.15) is 11.6 Å². The normalized spacial score (nSPS) is 20.9. The fourth-order valence-corrected chi connectivity index (χ4v) is 2.89. The summed E-state index contributed by atoms with van der Waals surface area (Å²) in [6.07, 6.45) is 3.74. The quantitative estimate of drug-likeness (QED) is 0.916.